The van der Waals surface area contributed by atoms with Crippen molar-refractivity contribution in [3.63, 3.8) is 0 Å². The van der Waals surface area contributed by atoms with Crippen LogP contribution in [0.25, 0.3) is 0 Å². The van der Waals surface area contributed by atoms with Gasteiger partial charge < -0.3 is 10.1 Å². The number of nitrogens with one attached hydrogen (secondary N) is 2. The highest BCUT2D eigenvalue weighted by molar-refractivity contribution is 7.99. The molecule has 0 saturated heterocycles. The zero-order valence-corrected chi connectivity index (χ0v) is 17.3. The number of aromatic nitrogens is 3. The minimum Gasteiger partial charge on any atom is -0.486 e. The monoisotopic (exact) mass is 427 g/mol. The van der Waals surface area contributed by atoms with Crippen LogP contribution < -0.4 is 10.1 Å². The maximum Gasteiger partial charge on any atom is 0.269 e. The topological polar surface area (TPSA) is 123 Å². The quantitative estimate of drug-likeness (QED) is 0.299. The van der Waals surface area contributed by atoms with Crippen LogP contribution in [0.1, 0.15) is 31.2 Å². The van der Waals surface area contributed by atoms with Crippen LogP contribution in [-0.4, -0.2) is 31.8 Å². The Labute approximate surface area is 177 Å². The number of carbonyl (C=O) groups excluding carboxylic acids is 1. The Hall–Kier alpha value is -3.40. The highest BCUT2D eigenvalue weighted by atomic mass is 32.2. The van der Waals surface area contributed by atoms with Gasteiger partial charge in [-0.1, -0.05) is 37.7 Å². The molecule has 1 heterocycles. The van der Waals surface area contributed by atoms with Crippen LogP contribution in [-0.2, 0) is 11.4 Å². The van der Waals surface area contributed by atoms with Gasteiger partial charge in [-0.25, -0.2) is 4.98 Å². The molecule has 10 heteroatoms. The lowest BCUT2D eigenvalue weighted by Gasteiger charge is -2.07. The van der Waals surface area contributed by atoms with Gasteiger partial charge >= 0.3 is 0 Å². The number of nitro groups is 1. The van der Waals surface area contributed by atoms with Gasteiger partial charge in [0.1, 0.15) is 12.4 Å². The van der Waals surface area contributed by atoms with Crippen molar-refractivity contribution < 1.29 is 14.5 Å². The molecule has 0 aliphatic carbocycles. The van der Waals surface area contributed by atoms with Gasteiger partial charge in [0, 0.05) is 17.8 Å². The molecule has 0 bridgehead atoms. The lowest BCUT2D eigenvalue weighted by Crippen LogP contribution is -2.14. The first kappa shape index (κ1) is 21.3. The number of benzene rings is 2. The maximum absolute atomic E-state index is 12.0. The molecule has 2 aromatic carbocycles. The van der Waals surface area contributed by atoms with E-state index < -0.39 is 4.92 Å². The van der Waals surface area contributed by atoms with Crippen LogP contribution in [0.4, 0.5) is 11.4 Å². The van der Waals surface area contributed by atoms with E-state index in [-0.39, 0.29) is 24.0 Å². The molecule has 0 aliphatic rings. The highest BCUT2D eigenvalue weighted by Gasteiger charge is 2.10. The zero-order chi connectivity index (χ0) is 21.5. The molecule has 0 radical (unpaired) electrons. The van der Waals surface area contributed by atoms with E-state index in [9.17, 15) is 14.9 Å². The standard InChI is InChI=1S/C20H21N5O4S/c1-13(2)14-3-9-17(10-4-14)29-11-18-22-20(24-23-18)30-12-19(26)21-15-5-7-16(8-6-15)25(27)28/h3-10,13H,11-12H2,1-2H3,(H,21,26)(H,22,23,24). The van der Waals surface area contributed by atoms with Crippen LogP contribution in [0, 0.1) is 10.1 Å². The summed E-state index contributed by atoms with van der Waals surface area (Å²) in [5, 5.41) is 20.6. The number of ether oxygens (including phenoxy) is 1. The third-order valence-corrected chi connectivity index (χ3v) is 4.98. The number of nitrogens with zero attached hydrogens (tertiary/aromatic N) is 3. The van der Waals surface area contributed by atoms with Crippen LogP contribution in [0.2, 0.25) is 0 Å². The van der Waals surface area contributed by atoms with E-state index in [0.717, 1.165) is 5.75 Å². The molecule has 3 aromatic rings. The highest BCUT2D eigenvalue weighted by Crippen LogP contribution is 2.20. The van der Waals surface area contributed by atoms with Crippen molar-refractivity contribution in [3.8, 4) is 5.75 Å². The Morgan fingerprint density at radius 3 is 2.53 bits per heavy atom. The first-order chi connectivity index (χ1) is 14.4. The predicted molar refractivity (Wildman–Crippen MR) is 114 cm³/mol. The van der Waals surface area contributed by atoms with Gasteiger partial charge in [-0.05, 0) is 35.7 Å². The van der Waals surface area contributed by atoms with E-state index >= 15 is 0 Å². The van der Waals surface area contributed by atoms with Crippen molar-refractivity contribution in [1.29, 1.82) is 0 Å². The van der Waals surface area contributed by atoms with E-state index in [1.807, 2.05) is 24.3 Å². The third kappa shape index (κ3) is 6.05. The summed E-state index contributed by atoms with van der Waals surface area (Å²) in [6.07, 6.45) is 0. The van der Waals surface area contributed by atoms with Gasteiger partial charge in [0.15, 0.2) is 5.82 Å². The van der Waals surface area contributed by atoms with Crippen LogP contribution in [0.5, 0.6) is 5.75 Å². The SMILES string of the molecule is CC(C)c1ccc(OCc2nc(SCC(=O)Nc3ccc([N+](=O)[O-])cc3)n[nH]2)cc1. The number of thioether (sulfide) groups is 1. The summed E-state index contributed by atoms with van der Waals surface area (Å²) in [5.41, 5.74) is 1.69. The molecular weight excluding hydrogens is 406 g/mol. The van der Waals surface area contributed by atoms with Gasteiger partial charge in [0.25, 0.3) is 5.69 Å². The first-order valence-electron chi connectivity index (χ1n) is 9.22. The third-order valence-electron chi connectivity index (χ3n) is 4.13. The Morgan fingerprint density at radius 2 is 1.90 bits per heavy atom. The Bertz CT molecular complexity index is 1000. The van der Waals surface area contributed by atoms with E-state index in [1.165, 1.54) is 41.6 Å². The number of hydrogen-bond donors (Lipinski definition) is 2. The molecule has 9 nitrogen and oxygen atoms in total. The van der Waals surface area contributed by atoms with Gasteiger partial charge in [-0.3, -0.25) is 20.0 Å². The van der Waals surface area contributed by atoms with Crippen molar-refractivity contribution in [1.82, 2.24) is 15.2 Å². The number of non-ortho nitro benzene ring substituents is 1. The molecule has 156 valence electrons. The molecular formula is C20H21N5O4S. The molecule has 0 atom stereocenters. The normalized spacial score (nSPS) is 10.8. The van der Waals surface area contributed by atoms with Crippen molar-refractivity contribution >= 4 is 29.0 Å². The molecule has 0 aliphatic heterocycles. The average Bonchev–Trinajstić information content (AvgIpc) is 3.19. The fraction of sp³-hybridized carbons (Fsp3) is 0.250. The number of carbonyl (C=O) groups is 1. The van der Waals surface area contributed by atoms with Crippen molar-refractivity contribution in [2.24, 2.45) is 0 Å². The van der Waals surface area contributed by atoms with Crippen LogP contribution in [0.3, 0.4) is 0 Å². The van der Waals surface area contributed by atoms with Crippen molar-refractivity contribution in [2.75, 3.05) is 11.1 Å². The summed E-state index contributed by atoms with van der Waals surface area (Å²) in [6, 6.07) is 13.5. The van der Waals surface area contributed by atoms with Gasteiger partial charge in [-0.15, -0.1) is 5.10 Å². The Morgan fingerprint density at radius 1 is 1.20 bits per heavy atom. The maximum atomic E-state index is 12.0. The second-order valence-corrected chi connectivity index (χ2v) is 7.66. The number of H-pyrrole nitrogens is 1. The lowest BCUT2D eigenvalue weighted by molar-refractivity contribution is -0.384. The smallest absolute Gasteiger partial charge is 0.269 e. The van der Waals surface area contributed by atoms with Crippen LogP contribution in [0.15, 0.2) is 53.7 Å². The van der Waals surface area contributed by atoms with Gasteiger partial charge in [0.2, 0.25) is 11.1 Å². The van der Waals surface area contributed by atoms with Gasteiger partial charge in [-0.2, -0.15) is 0 Å². The molecule has 30 heavy (non-hydrogen) atoms. The number of anilines is 1. The summed E-state index contributed by atoms with van der Waals surface area (Å²) >= 11 is 1.17. The Kier molecular flexibility index (Phi) is 7.02. The molecule has 0 fully saturated rings. The minimum absolute atomic E-state index is 0.0336. The van der Waals surface area contributed by atoms with E-state index in [4.69, 9.17) is 4.74 Å². The second kappa shape index (κ2) is 9.88. The largest absolute Gasteiger partial charge is 0.486 e. The zero-order valence-electron chi connectivity index (χ0n) is 16.5. The molecule has 2 N–H and O–H groups in total. The fourth-order valence-electron chi connectivity index (χ4n) is 2.50. The first-order valence-corrected chi connectivity index (χ1v) is 10.2. The van der Waals surface area contributed by atoms with E-state index in [1.54, 1.807) is 0 Å². The molecule has 1 amide bonds. The van der Waals surface area contributed by atoms with Gasteiger partial charge in [0.05, 0.1) is 10.7 Å². The summed E-state index contributed by atoms with van der Waals surface area (Å²) in [5.74, 6) is 1.60. The molecule has 3 rings (SSSR count). The summed E-state index contributed by atoms with van der Waals surface area (Å²) < 4.78 is 5.70. The average molecular weight is 427 g/mol. The molecule has 0 spiro atoms. The second-order valence-electron chi connectivity index (χ2n) is 6.72. The van der Waals surface area contributed by atoms with Crippen LogP contribution >= 0.6 is 11.8 Å². The molecule has 0 unspecified atom stereocenters. The number of aromatic amines is 1. The van der Waals surface area contributed by atoms with Crippen molar-refractivity contribution in [3.05, 3.63) is 70.0 Å². The van der Waals surface area contributed by atoms with E-state index in [0.29, 0.717) is 22.6 Å². The lowest BCUT2D eigenvalue weighted by atomic mass is 10.0. The molecule has 1 aromatic heterocycles. The number of amides is 1. The molecule has 0 saturated carbocycles. The predicted octanol–water partition coefficient (Wildman–Crippen LogP) is 4.15. The number of hydrogen-bond acceptors (Lipinski definition) is 7. The van der Waals surface area contributed by atoms with Crippen molar-refractivity contribution in [2.45, 2.75) is 31.5 Å². The van der Waals surface area contributed by atoms with E-state index in [2.05, 4.69) is 34.3 Å². The fourth-order valence-corrected chi connectivity index (χ4v) is 3.12. The number of rotatable bonds is 9. The summed E-state index contributed by atoms with van der Waals surface area (Å²) in [6.45, 7) is 4.51. The number of nitro benzene ring substituents is 1. The minimum atomic E-state index is -0.493. The Balaban J connectivity index is 1.44. The summed E-state index contributed by atoms with van der Waals surface area (Å²) in [4.78, 5) is 26.5. The summed E-state index contributed by atoms with van der Waals surface area (Å²) in [7, 11) is 0.